The van der Waals surface area contributed by atoms with Crippen molar-refractivity contribution in [1.29, 1.82) is 0 Å². The fourth-order valence-corrected chi connectivity index (χ4v) is 6.28. The lowest BCUT2D eigenvalue weighted by Gasteiger charge is -2.23. The molecule has 2 amide bonds. The number of carbonyl (C=O) groups excluding carboxylic acids is 2. The molecule has 0 bridgehead atoms. The molecule has 2 rings (SSSR count). The number of rotatable bonds is 21. The van der Waals surface area contributed by atoms with Crippen LogP contribution in [0.4, 0.5) is 5.69 Å². The molecule has 0 fully saturated rings. The van der Waals surface area contributed by atoms with Crippen LogP contribution in [0.3, 0.4) is 0 Å². The van der Waals surface area contributed by atoms with Gasteiger partial charge in [-0.25, -0.2) is 13.8 Å². The Morgan fingerprint density at radius 2 is 1.37 bits per heavy atom. The summed E-state index contributed by atoms with van der Waals surface area (Å²) in [5.74, 6) is -1.10. The lowest BCUT2D eigenvalue weighted by Crippen LogP contribution is -2.38. The summed E-state index contributed by atoms with van der Waals surface area (Å²) in [6.45, 7) is 9.40. The molecule has 9 nitrogen and oxygen atoms in total. The van der Waals surface area contributed by atoms with Crippen LogP contribution < -0.4 is 15.6 Å². The summed E-state index contributed by atoms with van der Waals surface area (Å²) in [7, 11) is -4.20. The number of hydrazine groups is 1. The number of hydrogen-bond donors (Lipinski definition) is 4. The van der Waals surface area contributed by atoms with E-state index in [4.69, 9.17) is 0 Å². The first kappa shape index (κ1) is 36.1. The maximum atomic E-state index is 13.4. The van der Waals surface area contributed by atoms with Crippen LogP contribution >= 0.6 is 0 Å². The molecule has 0 radical (unpaired) electrons. The average molecular weight is 617 g/mol. The molecule has 10 heteroatoms. The van der Waals surface area contributed by atoms with Gasteiger partial charge in [-0.15, -0.1) is 0 Å². The molecule has 2 aromatic rings. The maximum Gasteiger partial charge on any atom is 0.266 e. The number of anilines is 1. The van der Waals surface area contributed by atoms with Gasteiger partial charge >= 0.3 is 0 Å². The minimum atomic E-state index is -4.20. The lowest BCUT2D eigenvalue weighted by atomic mass is 10.1. The van der Waals surface area contributed by atoms with Crippen LogP contribution in [0.2, 0.25) is 0 Å². The van der Waals surface area contributed by atoms with Crippen molar-refractivity contribution in [3.8, 4) is 5.75 Å². The zero-order valence-corrected chi connectivity index (χ0v) is 27.3. The first-order chi connectivity index (χ1) is 20.7. The fourth-order valence-electron chi connectivity index (χ4n) is 5.04. The molecular formula is C33H52N4O5S. The van der Waals surface area contributed by atoms with Crippen LogP contribution in [0.1, 0.15) is 124 Å². The Morgan fingerprint density at radius 1 is 0.791 bits per heavy atom. The van der Waals surface area contributed by atoms with Crippen LogP contribution in [0.25, 0.3) is 0 Å². The zero-order valence-electron chi connectivity index (χ0n) is 26.5. The van der Waals surface area contributed by atoms with Gasteiger partial charge in [-0.2, -0.15) is 0 Å². The number of nitrogens with zero attached hydrogens (tertiary/aromatic N) is 1. The molecule has 0 aliphatic heterocycles. The molecule has 0 aromatic heterocycles. The molecular weight excluding hydrogens is 564 g/mol. The Bertz CT molecular complexity index is 1260. The van der Waals surface area contributed by atoms with E-state index in [2.05, 4.69) is 22.5 Å². The number of aryl methyl sites for hydroxylation is 1. The predicted molar refractivity (Wildman–Crippen MR) is 174 cm³/mol. The number of hydrogen-bond acceptors (Lipinski definition) is 6. The van der Waals surface area contributed by atoms with Crippen molar-refractivity contribution in [1.82, 2.24) is 15.8 Å². The van der Waals surface area contributed by atoms with Gasteiger partial charge in [0, 0.05) is 19.6 Å². The summed E-state index contributed by atoms with van der Waals surface area (Å²) in [5.41, 5.74) is 6.05. The molecule has 0 spiro atoms. The Hall–Kier alpha value is -3.11. The number of aromatic hydroxyl groups is 1. The van der Waals surface area contributed by atoms with Crippen molar-refractivity contribution in [2.45, 2.75) is 110 Å². The molecule has 0 aliphatic rings. The first-order valence-corrected chi connectivity index (χ1v) is 17.4. The third kappa shape index (κ3) is 11.8. The van der Waals surface area contributed by atoms with Crippen molar-refractivity contribution in [3.05, 3.63) is 53.1 Å². The molecule has 0 saturated heterocycles. The van der Waals surface area contributed by atoms with Crippen LogP contribution in [-0.4, -0.2) is 49.9 Å². The topological polar surface area (TPSA) is 128 Å². The quantitative estimate of drug-likeness (QED) is 0.0685. The summed E-state index contributed by atoms with van der Waals surface area (Å²) in [6, 6.07) is 8.78. The third-order valence-electron chi connectivity index (χ3n) is 7.34. The van der Waals surface area contributed by atoms with E-state index in [0.29, 0.717) is 25.2 Å². The Kier molecular flexibility index (Phi) is 16.1. The van der Waals surface area contributed by atoms with Gasteiger partial charge in [0.15, 0.2) is 0 Å². The number of nitrogens with one attached hydrogen (secondary N) is 3. The second-order valence-electron chi connectivity index (χ2n) is 11.1. The van der Waals surface area contributed by atoms with E-state index in [0.717, 1.165) is 32.1 Å². The normalized spacial score (nSPS) is 11.3. The molecule has 2 aromatic carbocycles. The monoisotopic (exact) mass is 616 g/mol. The van der Waals surface area contributed by atoms with E-state index in [-0.39, 0.29) is 33.4 Å². The summed E-state index contributed by atoms with van der Waals surface area (Å²) in [6.07, 6.45) is 13.7. The zero-order chi connectivity index (χ0) is 31.7. The predicted octanol–water partition coefficient (Wildman–Crippen LogP) is 6.92. The molecule has 4 N–H and O–H groups in total. The van der Waals surface area contributed by atoms with Gasteiger partial charge in [-0.05, 0) is 56.0 Å². The molecule has 43 heavy (non-hydrogen) atoms. The molecule has 0 atom stereocenters. The van der Waals surface area contributed by atoms with Crippen LogP contribution in [0, 0.1) is 6.92 Å². The van der Waals surface area contributed by atoms with Gasteiger partial charge in [0.1, 0.15) is 10.6 Å². The van der Waals surface area contributed by atoms with Gasteiger partial charge in [0.2, 0.25) is 0 Å². The third-order valence-corrected chi connectivity index (χ3v) is 8.78. The molecule has 0 aliphatic carbocycles. The molecule has 0 saturated carbocycles. The standard InChI is InChI=1S/C33H52N4O5S/c1-5-8-9-10-11-12-13-14-15-18-21-34-35-32(39)28-19-16-17-20-30(28)43(41,42)36-27-24-26(4)31(38)29(25-27)33(40)37(22-6-2)23-7-3/h16-17,19-20,24-25,34,36,38H,5-15,18,21-23H2,1-4H3,(H,35,39). The van der Waals surface area contributed by atoms with Crippen LogP contribution in [0.5, 0.6) is 5.75 Å². The summed E-state index contributed by atoms with van der Waals surface area (Å²) < 4.78 is 29.4. The van der Waals surface area contributed by atoms with Crippen molar-refractivity contribution < 1.29 is 23.1 Å². The Morgan fingerprint density at radius 3 is 1.98 bits per heavy atom. The van der Waals surface area contributed by atoms with E-state index in [1.165, 1.54) is 69.2 Å². The lowest BCUT2D eigenvalue weighted by molar-refractivity contribution is 0.0752. The van der Waals surface area contributed by atoms with E-state index in [1.807, 2.05) is 13.8 Å². The molecule has 0 unspecified atom stereocenters. The van der Waals surface area contributed by atoms with E-state index < -0.39 is 15.9 Å². The minimum absolute atomic E-state index is 0.00515. The number of amides is 2. The van der Waals surface area contributed by atoms with Crippen LogP contribution in [-0.2, 0) is 10.0 Å². The fraction of sp³-hybridized carbons (Fsp3) is 0.576. The molecule has 0 heterocycles. The highest BCUT2D eigenvalue weighted by molar-refractivity contribution is 7.92. The Balaban J connectivity index is 2.01. The number of carbonyl (C=O) groups is 2. The van der Waals surface area contributed by atoms with Crippen molar-refractivity contribution in [2.75, 3.05) is 24.4 Å². The summed E-state index contributed by atoms with van der Waals surface area (Å²) >= 11 is 0. The number of unbranched alkanes of at least 4 members (excludes halogenated alkanes) is 9. The number of benzene rings is 2. The largest absolute Gasteiger partial charge is 0.507 e. The van der Waals surface area contributed by atoms with Crippen LogP contribution in [0.15, 0.2) is 41.3 Å². The van der Waals surface area contributed by atoms with Crippen molar-refractivity contribution in [2.24, 2.45) is 0 Å². The highest BCUT2D eigenvalue weighted by Crippen LogP contribution is 2.30. The number of phenols is 1. The number of phenolic OH excluding ortho intramolecular Hbond substituents is 1. The van der Waals surface area contributed by atoms with Crippen molar-refractivity contribution >= 4 is 27.5 Å². The Labute approximate surface area is 258 Å². The highest BCUT2D eigenvalue weighted by Gasteiger charge is 2.25. The highest BCUT2D eigenvalue weighted by atomic mass is 32.2. The number of sulfonamides is 1. The van der Waals surface area contributed by atoms with Gasteiger partial charge in [-0.1, -0.05) is 90.7 Å². The smallest absolute Gasteiger partial charge is 0.266 e. The second-order valence-corrected chi connectivity index (χ2v) is 12.8. The van der Waals surface area contributed by atoms with Gasteiger partial charge in [-0.3, -0.25) is 19.7 Å². The van der Waals surface area contributed by atoms with Gasteiger partial charge in [0.05, 0.1) is 16.8 Å². The summed E-state index contributed by atoms with van der Waals surface area (Å²) in [5, 5.41) is 10.6. The van der Waals surface area contributed by atoms with Crippen molar-refractivity contribution in [3.63, 3.8) is 0 Å². The van der Waals surface area contributed by atoms with E-state index in [9.17, 15) is 23.1 Å². The second kappa shape index (κ2) is 19.2. The first-order valence-electron chi connectivity index (χ1n) is 15.9. The van der Waals surface area contributed by atoms with E-state index >= 15 is 0 Å². The van der Waals surface area contributed by atoms with E-state index in [1.54, 1.807) is 24.0 Å². The average Bonchev–Trinajstić information content (AvgIpc) is 2.98. The molecule has 240 valence electrons. The van der Waals surface area contributed by atoms with Gasteiger partial charge in [0.25, 0.3) is 21.8 Å². The minimum Gasteiger partial charge on any atom is -0.507 e. The SMILES string of the molecule is CCCCCCCCCCCCNNC(=O)c1ccccc1S(=O)(=O)Nc1cc(C)c(O)c(C(=O)N(CCC)CCC)c1. The maximum absolute atomic E-state index is 13.4. The van der Waals surface area contributed by atoms with Gasteiger partial charge < -0.3 is 10.0 Å². The summed E-state index contributed by atoms with van der Waals surface area (Å²) in [4.78, 5) is 27.6.